The van der Waals surface area contributed by atoms with E-state index >= 15 is 0 Å². The highest BCUT2D eigenvalue weighted by atomic mass is 16.5. The summed E-state index contributed by atoms with van der Waals surface area (Å²) in [7, 11) is 3.19. The van der Waals surface area contributed by atoms with Gasteiger partial charge in [-0.3, -0.25) is 0 Å². The first kappa shape index (κ1) is 10.4. The number of aromatic nitrogens is 1. The Bertz CT molecular complexity index is 319. The highest BCUT2D eigenvalue weighted by Crippen LogP contribution is 2.19. The maximum atomic E-state index is 5.18. The van der Waals surface area contributed by atoms with Crippen LogP contribution in [-0.4, -0.2) is 19.2 Å². The summed E-state index contributed by atoms with van der Waals surface area (Å²) in [6, 6.07) is 3.60. The molecule has 1 heterocycles. The predicted octanol–water partition coefficient (Wildman–Crippen LogP) is 1.66. The summed E-state index contributed by atoms with van der Waals surface area (Å²) < 4.78 is 10.1. The summed E-state index contributed by atoms with van der Waals surface area (Å²) in [5, 5.41) is 0. The number of terminal acetylenes is 1. The molecule has 0 aliphatic rings. The first-order valence-electron chi connectivity index (χ1n) is 4.32. The molecule has 1 aromatic heterocycles. The van der Waals surface area contributed by atoms with E-state index in [1.807, 2.05) is 6.07 Å². The van der Waals surface area contributed by atoms with Gasteiger partial charge in [0.05, 0.1) is 14.2 Å². The molecule has 0 unspecified atom stereocenters. The van der Waals surface area contributed by atoms with Crippen molar-refractivity contribution in [1.82, 2.24) is 4.98 Å². The van der Waals surface area contributed by atoms with Crippen molar-refractivity contribution >= 4 is 0 Å². The molecule has 14 heavy (non-hydrogen) atoms. The smallest absolute Gasteiger partial charge is 0.216 e. The maximum absolute atomic E-state index is 5.18. The van der Waals surface area contributed by atoms with Gasteiger partial charge in [-0.05, 0) is 0 Å². The van der Waals surface area contributed by atoms with Crippen LogP contribution in [0.4, 0.5) is 0 Å². The number of pyridine rings is 1. The molecule has 0 aliphatic carbocycles. The number of rotatable bonds is 4. The van der Waals surface area contributed by atoms with E-state index in [0.29, 0.717) is 12.3 Å². The minimum atomic E-state index is 0.552. The van der Waals surface area contributed by atoms with Gasteiger partial charge in [-0.25, -0.2) is 4.98 Å². The molecule has 0 N–H and O–H groups in total. The molecule has 0 radical (unpaired) electrons. The van der Waals surface area contributed by atoms with E-state index in [9.17, 15) is 0 Å². The minimum Gasteiger partial charge on any atom is -0.496 e. The zero-order valence-electron chi connectivity index (χ0n) is 8.41. The first-order chi connectivity index (χ1) is 6.80. The van der Waals surface area contributed by atoms with Gasteiger partial charge in [0.2, 0.25) is 5.88 Å². The van der Waals surface area contributed by atoms with Crippen LogP contribution in [0.1, 0.15) is 12.1 Å². The number of ether oxygens (including phenoxy) is 2. The van der Waals surface area contributed by atoms with E-state index in [2.05, 4.69) is 10.9 Å². The Morgan fingerprint density at radius 1 is 1.36 bits per heavy atom. The Balaban J connectivity index is 2.87. The van der Waals surface area contributed by atoms with Crippen molar-refractivity contribution in [3.63, 3.8) is 0 Å². The zero-order chi connectivity index (χ0) is 10.4. The van der Waals surface area contributed by atoms with Gasteiger partial charge in [0.1, 0.15) is 5.75 Å². The van der Waals surface area contributed by atoms with E-state index in [-0.39, 0.29) is 0 Å². The van der Waals surface area contributed by atoms with Crippen molar-refractivity contribution in [2.24, 2.45) is 0 Å². The van der Waals surface area contributed by atoms with Gasteiger partial charge in [0, 0.05) is 30.7 Å². The summed E-state index contributed by atoms with van der Waals surface area (Å²) in [5.74, 6) is 3.86. The fraction of sp³-hybridized carbons (Fsp3) is 0.364. The number of hydrogen-bond acceptors (Lipinski definition) is 3. The normalized spacial score (nSPS) is 9.21. The van der Waals surface area contributed by atoms with Crippen LogP contribution in [0.15, 0.2) is 12.1 Å². The second-order valence-electron chi connectivity index (χ2n) is 2.74. The van der Waals surface area contributed by atoms with Crippen LogP contribution in [0, 0.1) is 12.3 Å². The topological polar surface area (TPSA) is 31.4 Å². The summed E-state index contributed by atoms with van der Waals surface area (Å²) in [5.41, 5.74) is 0.888. The van der Waals surface area contributed by atoms with Crippen LogP contribution in [0.25, 0.3) is 0 Å². The summed E-state index contributed by atoms with van der Waals surface area (Å²) in [6.45, 7) is 0. The predicted molar refractivity (Wildman–Crippen MR) is 54.5 cm³/mol. The van der Waals surface area contributed by atoms with Crippen molar-refractivity contribution in [3.8, 4) is 24.0 Å². The summed E-state index contributed by atoms with van der Waals surface area (Å²) in [4.78, 5) is 4.24. The van der Waals surface area contributed by atoms with E-state index in [4.69, 9.17) is 15.9 Å². The number of hydrogen-bond donors (Lipinski definition) is 0. The van der Waals surface area contributed by atoms with Gasteiger partial charge in [-0.15, -0.1) is 12.3 Å². The lowest BCUT2D eigenvalue weighted by Crippen LogP contribution is -1.95. The number of nitrogens with zero attached hydrogens (tertiary/aromatic N) is 1. The van der Waals surface area contributed by atoms with Crippen LogP contribution in [0.5, 0.6) is 11.6 Å². The van der Waals surface area contributed by atoms with Gasteiger partial charge in [-0.1, -0.05) is 0 Å². The molecule has 3 heteroatoms. The van der Waals surface area contributed by atoms with Gasteiger partial charge in [0.25, 0.3) is 0 Å². The van der Waals surface area contributed by atoms with Crippen LogP contribution in [-0.2, 0) is 6.42 Å². The minimum absolute atomic E-state index is 0.552. The van der Waals surface area contributed by atoms with Gasteiger partial charge < -0.3 is 9.47 Å². The molecule has 0 atom stereocenters. The molecule has 0 fully saturated rings. The third-order valence-electron chi connectivity index (χ3n) is 1.80. The van der Waals surface area contributed by atoms with Crippen LogP contribution >= 0.6 is 0 Å². The fourth-order valence-corrected chi connectivity index (χ4v) is 1.08. The number of methoxy groups -OCH3 is 2. The second kappa shape index (κ2) is 5.13. The molecule has 0 aliphatic heterocycles. The van der Waals surface area contributed by atoms with E-state index in [0.717, 1.165) is 17.9 Å². The third-order valence-corrected chi connectivity index (χ3v) is 1.80. The molecule has 0 aromatic carbocycles. The van der Waals surface area contributed by atoms with Gasteiger partial charge in [0.15, 0.2) is 0 Å². The first-order valence-corrected chi connectivity index (χ1v) is 4.32. The highest BCUT2D eigenvalue weighted by molar-refractivity contribution is 5.30. The summed E-state index contributed by atoms with van der Waals surface area (Å²) >= 11 is 0. The van der Waals surface area contributed by atoms with Crippen molar-refractivity contribution in [3.05, 3.63) is 17.8 Å². The Kier molecular flexibility index (Phi) is 3.81. The van der Waals surface area contributed by atoms with Crippen LogP contribution < -0.4 is 9.47 Å². The quantitative estimate of drug-likeness (QED) is 0.678. The molecular weight excluding hydrogens is 178 g/mol. The van der Waals surface area contributed by atoms with E-state index in [1.54, 1.807) is 20.3 Å². The Morgan fingerprint density at radius 3 is 2.71 bits per heavy atom. The molecule has 0 amide bonds. The molecule has 0 bridgehead atoms. The lowest BCUT2D eigenvalue weighted by Gasteiger charge is -2.05. The maximum Gasteiger partial charge on any atom is 0.216 e. The Hall–Kier alpha value is -1.69. The van der Waals surface area contributed by atoms with Gasteiger partial charge in [-0.2, -0.15) is 0 Å². The Labute approximate surface area is 84.1 Å². The average Bonchev–Trinajstić information content (AvgIpc) is 2.25. The zero-order valence-corrected chi connectivity index (χ0v) is 8.41. The number of aryl methyl sites for hydroxylation is 1. The molecule has 1 rings (SSSR count). The lowest BCUT2D eigenvalue weighted by atomic mass is 10.2. The third kappa shape index (κ3) is 2.67. The van der Waals surface area contributed by atoms with E-state index in [1.165, 1.54) is 0 Å². The molecular formula is C11H13NO2. The molecule has 0 saturated heterocycles. The molecule has 74 valence electrons. The molecule has 1 aromatic rings. The monoisotopic (exact) mass is 191 g/mol. The van der Waals surface area contributed by atoms with Crippen LogP contribution in [0.3, 0.4) is 0 Å². The standard InChI is InChI=1S/C11H13NO2/c1-4-5-6-9-7-10(13-2)8-11(12-9)14-3/h1,7-8H,5-6H2,2-3H3. The highest BCUT2D eigenvalue weighted by Gasteiger charge is 2.02. The van der Waals surface area contributed by atoms with Crippen molar-refractivity contribution < 1.29 is 9.47 Å². The average molecular weight is 191 g/mol. The summed E-state index contributed by atoms with van der Waals surface area (Å²) in [6.07, 6.45) is 6.59. The SMILES string of the molecule is C#CCCc1cc(OC)cc(OC)n1. The largest absolute Gasteiger partial charge is 0.496 e. The Morgan fingerprint density at radius 2 is 2.14 bits per heavy atom. The van der Waals surface area contributed by atoms with Crippen LogP contribution in [0.2, 0.25) is 0 Å². The van der Waals surface area contributed by atoms with Gasteiger partial charge >= 0.3 is 0 Å². The lowest BCUT2D eigenvalue weighted by molar-refractivity contribution is 0.380. The van der Waals surface area contributed by atoms with E-state index < -0.39 is 0 Å². The second-order valence-corrected chi connectivity index (χ2v) is 2.74. The molecule has 3 nitrogen and oxygen atoms in total. The fourth-order valence-electron chi connectivity index (χ4n) is 1.08. The molecule has 0 spiro atoms. The van der Waals surface area contributed by atoms with Crippen molar-refractivity contribution in [2.45, 2.75) is 12.8 Å². The van der Waals surface area contributed by atoms with Crippen molar-refractivity contribution in [2.75, 3.05) is 14.2 Å². The van der Waals surface area contributed by atoms with Crippen molar-refractivity contribution in [1.29, 1.82) is 0 Å². The molecule has 0 saturated carbocycles.